The summed E-state index contributed by atoms with van der Waals surface area (Å²) in [7, 11) is -3.77. The number of benzene rings is 3. The highest BCUT2D eigenvalue weighted by Crippen LogP contribution is 2.32. The van der Waals surface area contributed by atoms with E-state index in [1.807, 2.05) is 66.7 Å². The van der Waals surface area contributed by atoms with E-state index in [1.54, 1.807) is 37.4 Å². The first kappa shape index (κ1) is 29.0. The van der Waals surface area contributed by atoms with Crippen molar-refractivity contribution in [3.63, 3.8) is 0 Å². The molecule has 0 amide bonds. The van der Waals surface area contributed by atoms with E-state index in [4.69, 9.17) is 0 Å². The molecule has 5 aromatic rings. The average molecular weight is 569 g/mol. The number of aromatic nitrogens is 3. The summed E-state index contributed by atoms with van der Waals surface area (Å²) in [5.74, 6) is 0.676. The predicted octanol–water partition coefficient (Wildman–Crippen LogP) is 5.93. The van der Waals surface area contributed by atoms with Crippen LogP contribution >= 0.6 is 24.8 Å². The van der Waals surface area contributed by atoms with Crippen LogP contribution in [0.2, 0.25) is 0 Å². The van der Waals surface area contributed by atoms with E-state index >= 15 is 0 Å². The Morgan fingerprint density at radius 1 is 0.763 bits per heavy atom. The summed E-state index contributed by atoms with van der Waals surface area (Å²) < 4.78 is 29.0. The Morgan fingerprint density at radius 2 is 1.47 bits per heavy atom. The van der Waals surface area contributed by atoms with Crippen LogP contribution in [0.15, 0.2) is 102 Å². The van der Waals surface area contributed by atoms with Gasteiger partial charge in [-0.05, 0) is 36.2 Å². The van der Waals surface area contributed by atoms with Gasteiger partial charge in [-0.25, -0.2) is 13.1 Å². The largest absolute Gasteiger partial charge is 0.364 e. The maximum atomic E-state index is 13.2. The van der Waals surface area contributed by atoms with Gasteiger partial charge in [-0.2, -0.15) is 0 Å². The first-order valence-corrected chi connectivity index (χ1v) is 13.0. The van der Waals surface area contributed by atoms with Crippen molar-refractivity contribution in [2.24, 2.45) is 0 Å². The van der Waals surface area contributed by atoms with Gasteiger partial charge in [0.05, 0.1) is 17.1 Å². The van der Waals surface area contributed by atoms with Crippen LogP contribution in [-0.2, 0) is 23.1 Å². The predicted molar refractivity (Wildman–Crippen MR) is 156 cm³/mol. The maximum Gasteiger partial charge on any atom is 0.241 e. The van der Waals surface area contributed by atoms with Crippen LogP contribution in [0.3, 0.4) is 0 Å². The van der Waals surface area contributed by atoms with Crippen molar-refractivity contribution in [2.75, 3.05) is 5.32 Å². The van der Waals surface area contributed by atoms with Crippen LogP contribution in [0.1, 0.15) is 16.8 Å². The summed E-state index contributed by atoms with van der Waals surface area (Å²) in [5, 5.41) is 14.1. The number of fused-ring (bicyclic) bond motifs is 1. The molecule has 0 atom stereocenters. The molecule has 0 fully saturated rings. The number of pyridine rings is 1. The van der Waals surface area contributed by atoms with Crippen molar-refractivity contribution >= 4 is 51.4 Å². The Morgan fingerprint density at radius 3 is 2.21 bits per heavy atom. The number of aryl methyl sites for hydroxylation is 1. The molecule has 0 unspecified atom stereocenters. The van der Waals surface area contributed by atoms with Crippen LogP contribution in [-0.4, -0.2) is 23.6 Å². The third-order valence-corrected chi connectivity index (χ3v) is 7.45. The molecule has 0 aliphatic rings. The summed E-state index contributed by atoms with van der Waals surface area (Å²) in [6.07, 6.45) is 1.64. The molecular weight excluding hydrogens is 541 g/mol. The average Bonchev–Trinajstić information content (AvgIpc) is 2.92. The molecule has 0 aliphatic heterocycles. The molecule has 196 valence electrons. The lowest BCUT2D eigenvalue weighted by atomic mass is 10.0. The number of nitrogens with one attached hydrogen (secondary N) is 2. The molecule has 0 radical (unpaired) electrons. The van der Waals surface area contributed by atoms with E-state index in [0.717, 1.165) is 16.3 Å². The van der Waals surface area contributed by atoms with Crippen LogP contribution in [0.25, 0.3) is 22.0 Å². The van der Waals surface area contributed by atoms with Crippen molar-refractivity contribution in [3.8, 4) is 11.3 Å². The lowest BCUT2D eigenvalue weighted by Gasteiger charge is -2.13. The minimum Gasteiger partial charge on any atom is -0.364 e. The minimum absolute atomic E-state index is 0. The smallest absolute Gasteiger partial charge is 0.241 e. The summed E-state index contributed by atoms with van der Waals surface area (Å²) >= 11 is 0. The van der Waals surface area contributed by atoms with Crippen molar-refractivity contribution in [1.82, 2.24) is 19.9 Å². The zero-order valence-corrected chi connectivity index (χ0v) is 23.0. The number of nitrogens with zero attached hydrogens (tertiary/aromatic N) is 3. The molecule has 38 heavy (non-hydrogen) atoms. The summed E-state index contributed by atoms with van der Waals surface area (Å²) in [6.45, 7) is 2.50. The Kier molecular flexibility index (Phi) is 9.77. The normalized spacial score (nSPS) is 10.9. The van der Waals surface area contributed by atoms with Crippen molar-refractivity contribution in [1.29, 1.82) is 0 Å². The fraction of sp³-hybridized carbons (Fsp3) is 0.107. The Labute approximate surface area is 234 Å². The molecule has 0 saturated heterocycles. The number of hydrogen-bond acceptors (Lipinski definition) is 6. The number of rotatable bonds is 8. The van der Waals surface area contributed by atoms with Gasteiger partial charge in [0.1, 0.15) is 5.69 Å². The van der Waals surface area contributed by atoms with Crippen LogP contribution < -0.4 is 10.0 Å². The first-order valence-electron chi connectivity index (χ1n) is 11.5. The van der Waals surface area contributed by atoms with Crippen molar-refractivity contribution in [2.45, 2.75) is 24.9 Å². The molecule has 10 heteroatoms. The fourth-order valence-electron chi connectivity index (χ4n) is 4.02. The molecule has 2 aromatic heterocycles. The van der Waals surface area contributed by atoms with Crippen LogP contribution in [0.4, 0.5) is 5.82 Å². The first-order chi connectivity index (χ1) is 17.5. The SMILES string of the molecule is Cc1ccc(-c2nnc(NCc3ccccc3)c3ccccc23)cc1S(=O)(=O)NCc1ccccn1.Cl.Cl. The third-order valence-electron chi connectivity index (χ3n) is 5.91. The molecule has 2 N–H and O–H groups in total. The van der Waals surface area contributed by atoms with Gasteiger partial charge >= 0.3 is 0 Å². The zero-order chi connectivity index (χ0) is 25.0. The monoisotopic (exact) mass is 567 g/mol. The van der Waals surface area contributed by atoms with E-state index < -0.39 is 10.0 Å². The van der Waals surface area contributed by atoms with E-state index in [1.165, 1.54) is 0 Å². The van der Waals surface area contributed by atoms with Gasteiger partial charge in [-0.1, -0.05) is 72.8 Å². The van der Waals surface area contributed by atoms with Gasteiger partial charge < -0.3 is 5.32 Å². The third kappa shape index (κ3) is 6.46. The number of sulfonamides is 1. The Balaban J connectivity index is 0.00000200. The molecule has 0 bridgehead atoms. The van der Waals surface area contributed by atoms with E-state index in [9.17, 15) is 8.42 Å². The standard InChI is InChI=1S/C28H25N5O2S.2ClH/c1-20-14-15-22(17-26(20)36(34,35)31-19-23-11-7-8-16-29-23)27-24-12-5-6-13-25(24)28(33-32-27)30-18-21-9-3-2-4-10-21;;/h2-17,31H,18-19H2,1H3,(H,30,33);2*1H. The van der Waals surface area contributed by atoms with Gasteiger partial charge in [-0.3, -0.25) is 4.98 Å². The van der Waals surface area contributed by atoms with Crippen LogP contribution in [0, 0.1) is 6.92 Å². The second-order valence-corrected chi connectivity index (χ2v) is 10.1. The molecule has 0 aliphatic carbocycles. The zero-order valence-electron chi connectivity index (χ0n) is 20.5. The highest BCUT2D eigenvalue weighted by Gasteiger charge is 2.19. The number of hydrogen-bond donors (Lipinski definition) is 2. The molecule has 7 nitrogen and oxygen atoms in total. The molecule has 5 rings (SSSR count). The number of anilines is 1. The van der Waals surface area contributed by atoms with Gasteiger partial charge in [0.15, 0.2) is 5.82 Å². The highest BCUT2D eigenvalue weighted by atomic mass is 35.5. The van der Waals surface area contributed by atoms with Crippen molar-refractivity contribution < 1.29 is 8.42 Å². The summed E-state index contributed by atoms with van der Waals surface area (Å²) in [4.78, 5) is 4.39. The van der Waals surface area contributed by atoms with Gasteiger partial charge in [0.25, 0.3) is 0 Å². The fourth-order valence-corrected chi connectivity index (χ4v) is 5.28. The number of halogens is 2. The Hall–Kier alpha value is -3.56. The lowest BCUT2D eigenvalue weighted by Crippen LogP contribution is -2.24. The van der Waals surface area contributed by atoms with Gasteiger partial charge in [-0.15, -0.1) is 35.0 Å². The molecule has 3 aromatic carbocycles. The lowest BCUT2D eigenvalue weighted by molar-refractivity contribution is 0.580. The quantitative estimate of drug-likeness (QED) is 0.241. The van der Waals surface area contributed by atoms with Crippen LogP contribution in [0.5, 0.6) is 0 Å². The second kappa shape index (κ2) is 12.8. The second-order valence-electron chi connectivity index (χ2n) is 8.41. The Bertz CT molecular complexity index is 1620. The summed E-state index contributed by atoms with van der Waals surface area (Å²) in [6, 6.07) is 28.6. The minimum atomic E-state index is -3.77. The van der Waals surface area contributed by atoms with E-state index in [0.29, 0.717) is 34.9 Å². The van der Waals surface area contributed by atoms with E-state index in [2.05, 4.69) is 25.2 Å². The molecule has 2 heterocycles. The van der Waals surface area contributed by atoms with Gasteiger partial charge in [0.2, 0.25) is 10.0 Å². The molecular formula is C28H27Cl2N5O2S. The summed E-state index contributed by atoms with van der Waals surface area (Å²) in [5.41, 5.74) is 3.73. The molecule has 0 spiro atoms. The maximum absolute atomic E-state index is 13.2. The van der Waals surface area contributed by atoms with Gasteiger partial charge in [0, 0.05) is 29.1 Å². The van der Waals surface area contributed by atoms with E-state index in [-0.39, 0.29) is 36.3 Å². The van der Waals surface area contributed by atoms with Crippen molar-refractivity contribution in [3.05, 3.63) is 114 Å². The molecule has 0 saturated carbocycles. The topological polar surface area (TPSA) is 96.9 Å². The highest BCUT2D eigenvalue weighted by molar-refractivity contribution is 7.89.